The molecule has 6 heteroatoms. The molecule has 0 saturated carbocycles. The lowest BCUT2D eigenvalue weighted by Gasteiger charge is -2.18. The van der Waals surface area contributed by atoms with E-state index in [1.54, 1.807) is 12.1 Å². The maximum Gasteiger partial charge on any atom is 0.308 e. The number of benzene rings is 2. The van der Waals surface area contributed by atoms with Gasteiger partial charge in [0.05, 0.1) is 8.95 Å². The normalized spacial score (nSPS) is 10.8. The van der Waals surface area contributed by atoms with E-state index in [1.807, 2.05) is 32.9 Å². The number of ether oxygens (including phenoxy) is 2. The number of hydrogen-bond acceptors (Lipinski definition) is 4. The van der Waals surface area contributed by atoms with Crippen molar-refractivity contribution in [3.8, 4) is 17.2 Å². The van der Waals surface area contributed by atoms with Crippen LogP contribution < -0.4 is 15.2 Å². The molecule has 2 aromatic carbocycles. The van der Waals surface area contributed by atoms with E-state index in [2.05, 4.69) is 31.9 Å². The Balaban J connectivity index is 2.48. The van der Waals surface area contributed by atoms with Crippen molar-refractivity contribution in [3.05, 3.63) is 44.3 Å². The number of carbonyl (C=O) groups is 1. The molecule has 128 valence electrons. The summed E-state index contributed by atoms with van der Waals surface area (Å²) in [6.07, 6.45) is 0. The number of anilines is 1. The van der Waals surface area contributed by atoms with Crippen molar-refractivity contribution in [2.45, 2.75) is 33.6 Å². The molecule has 0 bridgehead atoms. The van der Waals surface area contributed by atoms with Crippen molar-refractivity contribution < 1.29 is 14.3 Å². The quantitative estimate of drug-likeness (QED) is 0.351. The molecule has 0 aliphatic rings. The SMILES string of the molecule is CC(=O)Oc1c(C)cc(Oc2c(Br)cc(N)cc2Br)cc1C(C)C. The van der Waals surface area contributed by atoms with Gasteiger partial charge in [0.25, 0.3) is 0 Å². The van der Waals surface area contributed by atoms with Gasteiger partial charge in [-0.2, -0.15) is 0 Å². The van der Waals surface area contributed by atoms with Gasteiger partial charge in [0.15, 0.2) is 5.75 Å². The zero-order valence-corrected chi connectivity index (χ0v) is 17.1. The number of nitrogens with two attached hydrogens (primary N) is 1. The van der Waals surface area contributed by atoms with Gasteiger partial charge in [0, 0.05) is 18.2 Å². The summed E-state index contributed by atoms with van der Waals surface area (Å²) >= 11 is 6.93. The molecule has 0 amide bonds. The van der Waals surface area contributed by atoms with Gasteiger partial charge < -0.3 is 15.2 Å². The maximum absolute atomic E-state index is 11.4. The number of hydrogen-bond donors (Lipinski definition) is 1. The van der Waals surface area contributed by atoms with Gasteiger partial charge in [-0.05, 0) is 74.5 Å². The first-order valence-corrected chi connectivity index (χ1v) is 9.03. The van der Waals surface area contributed by atoms with Gasteiger partial charge in [-0.3, -0.25) is 4.79 Å². The first-order chi connectivity index (χ1) is 11.2. The molecule has 0 atom stereocenters. The number of halogens is 2. The van der Waals surface area contributed by atoms with Crippen molar-refractivity contribution in [3.63, 3.8) is 0 Å². The summed E-state index contributed by atoms with van der Waals surface area (Å²) < 4.78 is 12.9. The van der Waals surface area contributed by atoms with Gasteiger partial charge in [0.2, 0.25) is 0 Å². The number of esters is 1. The van der Waals surface area contributed by atoms with Gasteiger partial charge in [-0.1, -0.05) is 13.8 Å². The largest absolute Gasteiger partial charge is 0.455 e. The topological polar surface area (TPSA) is 61.5 Å². The Kier molecular flexibility index (Phi) is 5.93. The van der Waals surface area contributed by atoms with E-state index in [4.69, 9.17) is 15.2 Å². The van der Waals surface area contributed by atoms with E-state index < -0.39 is 0 Å². The first kappa shape index (κ1) is 18.8. The molecule has 0 spiro atoms. The van der Waals surface area contributed by atoms with Crippen molar-refractivity contribution >= 4 is 43.5 Å². The van der Waals surface area contributed by atoms with Crippen LogP contribution in [-0.2, 0) is 4.79 Å². The minimum atomic E-state index is -0.335. The molecule has 0 heterocycles. The molecule has 2 N–H and O–H groups in total. The number of rotatable bonds is 4. The summed E-state index contributed by atoms with van der Waals surface area (Å²) in [6.45, 7) is 7.38. The molecule has 0 saturated heterocycles. The second-order valence-electron chi connectivity index (χ2n) is 5.82. The molecule has 0 radical (unpaired) electrons. The Morgan fingerprint density at radius 3 is 2.17 bits per heavy atom. The third kappa shape index (κ3) is 4.30. The fourth-order valence-corrected chi connectivity index (χ4v) is 3.72. The van der Waals surface area contributed by atoms with E-state index in [-0.39, 0.29) is 11.9 Å². The van der Waals surface area contributed by atoms with Crippen LogP contribution in [0.15, 0.2) is 33.2 Å². The molecule has 0 aromatic heterocycles. The fourth-order valence-electron chi connectivity index (χ4n) is 2.33. The predicted octanol–water partition coefficient (Wildman–Crippen LogP) is 5.94. The molecule has 24 heavy (non-hydrogen) atoms. The van der Waals surface area contributed by atoms with Crippen LogP contribution in [0.3, 0.4) is 0 Å². The Bertz CT molecular complexity index is 765. The third-order valence-electron chi connectivity index (χ3n) is 3.39. The highest BCUT2D eigenvalue weighted by atomic mass is 79.9. The molecule has 0 aliphatic heterocycles. The van der Waals surface area contributed by atoms with E-state index >= 15 is 0 Å². The fraction of sp³-hybridized carbons (Fsp3) is 0.278. The summed E-state index contributed by atoms with van der Waals surface area (Å²) in [6, 6.07) is 7.30. The van der Waals surface area contributed by atoms with E-state index in [0.717, 1.165) is 20.1 Å². The van der Waals surface area contributed by atoms with Crippen molar-refractivity contribution in [2.24, 2.45) is 0 Å². The molecule has 4 nitrogen and oxygen atoms in total. The second kappa shape index (κ2) is 7.57. The van der Waals surface area contributed by atoms with Crippen molar-refractivity contribution in [1.29, 1.82) is 0 Å². The molecule has 0 fully saturated rings. The Morgan fingerprint density at radius 2 is 1.67 bits per heavy atom. The van der Waals surface area contributed by atoms with Crippen LogP contribution in [-0.4, -0.2) is 5.97 Å². The zero-order chi connectivity index (χ0) is 18.0. The molecule has 2 aromatic rings. The highest BCUT2D eigenvalue weighted by Crippen LogP contribution is 2.41. The smallest absolute Gasteiger partial charge is 0.308 e. The van der Waals surface area contributed by atoms with E-state index in [9.17, 15) is 4.79 Å². The summed E-state index contributed by atoms with van der Waals surface area (Å²) in [4.78, 5) is 11.4. The Hall–Kier alpha value is -1.53. The highest BCUT2D eigenvalue weighted by molar-refractivity contribution is 9.11. The van der Waals surface area contributed by atoms with Crippen molar-refractivity contribution in [1.82, 2.24) is 0 Å². The van der Waals surface area contributed by atoms with Crippen LogP contribution in [0.25, 0.3) is 0 Å². The minimum absolute atomic E-state index is 0.180. The predicted molar refractivity (Wildman–Crippen MR) is 103 cm³/mol. The van der Waals surface area contributed by atoms with Gasteiger partial charge in [-0.15, -0.1) is 0 Å². The average Bonchev–Trinajstić information content (AvgIpc) is 2.44. The van der Waals surface area contributed by atoms with Crippen LogP contribution in [0.1, 0.15) is 37.8 Å². The summed E-state index contributed by atoms with van der Waals surface area (Å²) in [5, 5.41) is 0. The molecule has 0 aliphatic carbocycles. The van der Waals surface area contributed by atoms with Gasteiger partial charge in [-0.25, -0.2) is 0 Å². The standard InChI is InChI=1S/C18H19Br2NO3/c1-9(2)14-8-13(5-10(3)17(14)23-11(4)22)24-18-15(19)6-12(21)7-16(18)20/h5-9H,21H2,1-4H3. The number of nitrogen functional groups attached to an aromatic ring is 1. The lowest BCUT2D eigenvalue weighted by molar-refractivity contribution is -0.132. The second-order valence-corrected chi connectivity index (χ2v) is 7.53. The van der Waals surface area contributed by atoms with E-state index in [1.165, 1.54) is 6.92 Å². The molecular weight excluding hydrogens is 438 g/mol. The zero-order valence-electron chi connectivity index (χ0n) is 13.9. The average molecular weight is 457 g/mol. The lowest BCUT2D eigenvalue weighted by atomic mass is 9.99. The molecular formula is C18H19Br2NO3. The van der Waals surface area contributed by atoms with E-state index in [0.29, 0.717) is 22.9 Å². The Labute approximate surface area is 158 Å². The summed E-state index contributed by atoms with van der Waals surface area (Å²) in [7, 11) is 0. The maximum atomic E-state index is 11.4. The van der Waals surface area contributed by atoms with Crippen LogP contribution in [0.4, 0.5) is 5.69 Å². The van der Waals surface area contributed by atoms with Crippen LogP contribution >= 0.6 is 31.9 Å². The number of aryl methyl sites for hydroxylation is 1. The molecule has 2 rings (SSSR count). The number of carbonyl (C=O) groups excluding carboxylic acids is 1. The van der Waals surface area contributed by atoms with Crippen molar-refractivity contribution in [2.75, 3.05) is 5.73 Å². The van der Waals surface area contributed by atoms with Crippen LogP contribution in [0.2, 0.25) is 0 Å². The van der Waals surface area contributed by atoms with Crippen LogP contribution in [0, 0.1) is 6.92 Å². The first-order valence-electron chi connectivity index (χ1n) is 7.44. The van der Waals surface area contributed by atoms with Gasteiger partial charge >= 0.3 is 5.97 Å². The summed E-state index contributed by atoms with van der Waals surface area (Å²) in [5.41, 5.74) is 8.20. The Morgan fingerprint density at radius 1 is 1.08 bits per heavy atom. The van der Waals surface area contributed by atoms with Crippen LogP contribution in [0.5, 0.6) is 17.2 Å². The highest BCUT2D eigenvalue weighted by Gasteiger charge is 2.17. The lowest BCUT2D eigenvalue weighted by Crippen LogP contribution is -2.07. The summed E-state index contributed by atoms with van der Waals surface area (Å²) in [5.74, 6) is 1.75. The minimum Gasteiger partial charge on any atom is -0.455 e. The third-order valence-corrected chi connectivity index (χ3v) is 4.56. The van der Waals surface area contributed by atoms with Gasteiger partial charge in [0.1, 0.15) is 11.5 Å². The monoisotopic (exact) mass is 455 g/mol. The molecule has 0 unspecified atom stereocenters.